The van der Waals surface area contributed by atoms with Gasteiger partial charge in [-0.05, 0) is 42.0 Å². The molecule has 2 aromatic carbocycles. The molecular weight excluding hydrogens is 240 g/mol. The molecule has 3 heteroatoms. The summed E-state index contributed by atoms with van der Waals surface area (Å²) in [5.41, 5.74) is 1.20. The average molecular weight is 252 g/mol. The van der Waals surface area contributed by atoms with Crippen LogP contribution in [0.2, 0.25) is 0 Å². The molecule has 0 bridgehead atoms. The first-order chi connectivity index (χ1) is 9.22. The van der Waals surface area contributed by atoms with Crippen LogP contribution in [0.25, 0.3) is 10.8 Å². The van der Waals surface area contributed by atoms with Crippen LogP contribution in [-0.2, 0) is 0 Å². The van der Waals surface area contributed by atoms with Crippen molar-refractivity contribution in [1.82, 2.24) is 0 Å². The van der Waals surface area contributed by atoms with Crippen LogP contribution in [0.4, 0.5) is 0 Å². The highest BCUT2D eigenvalue weighted by atomic mass is 16.5. The van der Waals surface area contributed by atoms with Gasteiger partial charge in [-0.2, -0.15) is 0 Å². The highest BCUT2D eigenvalue weighted by molar-refractivity contribution is 5.89. The standard InChI is InChI=1S/C16H12O3/c1-11-4-5-13-10-14(7-6-12(13)9-11)19-16(17)15-3-2-8-18-15/h2-10H,1H3. The van der Waals surface area contributed by atoms with Gasteiger partial charge in [0.1, 0.15) is 5.75 Å². The Morgan fingerprint density at radius 3 is 2.63 bits per heavy atom. The Labute approximate surface area is 110 Å². The van der Waals surface area contributed by atoms with Crippen LogP contribution < -0.4 is 4.74 Å². The minimum absolute atomic E-state index is 0.198. The van der Waals surface area contributed by atoms with Gasteiger partial charge in [-0.1, -0.05) is 29.8 Å². The maximum atomic E-state index is 11.7. The lowest BCUT2D eigenvalue weighted by Crippen LogP contribution is -2.06. The highest BCUT2D eigenvalue weighted by Gasteiger charge is 2.11. The van der Waals surface area contributed by atoms with E-state index in [2.05, 4.69) is 6.07 Å². The molecule has 1 heterocycles. The molecule has 3 nitrogen and oxygen atoms in total. The van der Waals surface area contributed by atoms with Crippen LogP contribution in [0.3, 0.4) is 0 Å². The Bertz CT molecular complexity index is 727. The van der Waals surface area contributed by atoms with Crippen molar-refractivity contribution in [2.45, 2.75) is 6.92 Å². The van der Waals surface area contributed by atoms with Crippen LogP contribution in [0.5, 0.6) is 5.75 Å². The van der Waals surface area contributed by atoms with Crippen molar-refractivity contribution < 1.29 is 13.9 Å². The van der Waals surface area contributed by atoms with Gasteiger partial charge in [0.15, 0.2) is 0 Å². The third-order valence-electron chi connectivity index (χ3n) is 2.90. The Morgan fingerprint density at radius 1 is 1.05 bits per heavy atom. The first kappa shape index (κ1) is 11.5. The Hall–Kier alpha value is -2.55. The van der Waals surface area contributed by atoms with Crippen molar-refractivity contribution in [3.05, 3.63) is 66.1 Å². The topological polar surface area (TPSA) is 39.4 Å². The second-order valence-electron chi connectivity index (χ2n) is 4.38. The van der Waals surface area contributed by atoms with Gasteiger partial charge in [0, 0.05) is 0 Å². The van der Waals surface area contributed by atoms with E-state index in [0.717, 1.165) is 10.8 Å². The largest absolute Gasteiger partial charge is 0.457 e. The molecule has 1 aromatic heterocycles. The van der Waals surface area contributed by atoms with Gasteiger partial charge in [-0.3, -0.25) is 0 Å². The monoisotopic (exact) mass is 252 g/mol. The molecule has 0 atom stereocenters. The second-order valence-corrected chi connectivity index (χ2v) is 4.38. The second kappa shape index (κ2) is 4.61. The van der Waals surface area contributed by atoms with E-state index < -0.39 is 5.97 Å². The number of fused-ring (bicyclic) bond motifs is 1. The number of ether oxygens (including phenoxy) is 1. The van der Waals surface area contributed by atoms with Crippen LogP contribution in [0.1, 0.15) is 16.1 Å². The zero-order chi connectivity index (χ0) is 13.2. The molecule has 3 rings (SSSR count). The zero-order valence-corrected chi connectivity index (χ0v) is 10.4. The van der Waals surface area contributed by atoms with E-state index in [1.807, 2.05) is 31.2 Å². The fraction of sp³-hybridized carbons (Fsp3) is 0.0625. The molecule has 0 unspecified atom stereocenters. The highest BCUT2D eigenvalue weighted by Crippen LogP contribution is 2.22. The molecule has 0 aliphatic carbocycles. The predicted molar refractivity (Wildman–Crippen MR) is 72.4 cm³/mol. The quantitative estimate of drug-likeness (QED) is 0.512. The molecule has 0 aliphatic rings. The summed E-state index contributed by atoms with van der Waals surface area (Å²) >= 11 is 0. The maximum Gasteiger partial charge on any atom is 0.379 e. The van der Waals surface area contributed by atoms with Gasteiger partial charge in [0.05, 0.1) is 6.26 Å². The summed E-state index contributed by atoms with van der Waals surface area (Å²) in [5, 5.41) is 2.16. The van der Waals surface area contributed by atoms with E-state index in [9.17, 15) is 4.79 Å². The van der Waals surface area contributed by atoms with Gasteiger partial charge in [-0.15, -0.1) is 0 Å². The van der Waals surface area contributed by atoms with Gasteiger partial charge >= 0.3 is 5.97 Å². The van der Waals surface area contributed by atoms with Gasteiger partial charge in [-0.25, -0.2) is 4.79 Å². The van der Waals surface area contributed by atoms with Crippen LogP contribution in [-0.4, -0.2) is 5.97 Å². The van der Waals surface area contributed by atoms with Gasteiger partial charge in [0.25, 0.3) is 0 Å². The van der Waals surface area contributed by atoms with Crippen molar-refractivity contribution in [1.29, 1.82) is 0 Å². The minimum atomic E-state index is -0.489. The number of hydrogen-bond acceptors (Lipinski definition) is 3. The zero-order valence-electron chi connectivity index (χ0n) is 10.4. The molecule has 0 saturated carbocycles. The Morgan fingerprint density at radius 2 is 1.84 bits per heavy atom. The molecular formula is C16H12O3. The summed E-state index contributed by atoms with van der Waals surface area (Å²) in [6.07, 6.45) is 1.44. The van der Waals surface area contributed by atoms with Crippen molar-refractivity contribution in [2.75, 3.05) is 0 Å². The fourth-order valence-electron chi connectivity index (χ4n) is 1.96. The lowest BCUT2D eigenvalue weighted by Gasteiger charge is -2.04. The molecule has 94 valence electrons. The average Bonchev–Trinajstić information content (AvgIpc) is 2.93. The number of hydrogen-bond donors (Lipinski definition) is 0. The van der Waals surface area contributed by atoms with E-state index in [1.54, 1.807) is 18.2 Å². The number of carbonyl (C=O) groups excluding carboxylic acids is 1. The van der Waals surface area contributed by atoms with E-state index in [0.29, 0.717) is 5.75 Å². The summed E-state index contributed by atoms with van der Waals surface area (Å²) in [6, 6.07) is 14.9. The van der Waals surface area contributed by atoms with Crippen LogP contribution in [0.15, 0.2) is 59.2 Å². The molecule has 3 aromatic rings. The van der Waals surface area contributed by atoms with Gasteiger partial charge < -0.3 is 9.15 Å². The van der Waals surface area contributed by atoms with Gasteiger partial charge in [0.2, 0.25) is 5.76 Å². The fourth-order valence-corrected chi connectivity index (χ4v) is 1.96. The lowest BCUT2D eigenvalue weighted by molar-refractivity contribution is 0.0701. The number of furan rings is 1. The molecule has 0 saturated heterocycles. The summed E-state index contributed by atoms with van der Waals surface area (Å²) in [4.78, 5) is 11.7. The molecule has 0 radical (unpaired) electrons. The number of carbonyl (C=O) groups is 1. The first-order valence-corrected chi connectivity index (χ1v) is 5.98. The SMILES string of the molecule is Cc1ccc2cc(OC(=O)c3ccco3)ccc2c1. The number of benzene rings is 2. The molecule has 19 heavy (non-hydrogen) atoms. The summed E-state index contributed by atoms with van der Waals surface area (Å²) in [7, 11) is 0. The molecule has 0 amide bonds. The van der Waals surface area contributed by atoms with Crippen LogP contribution in [0, 0.1) is 6.92 Å². The third-order valence-corrected chi connectivity index (χ3v) is 2.90. The third kappa shape index (κ3) is 2.36. The molecule has 0 spiro atoms. The normalized spacial score (nSPS) is 10.6. The Kier molecular flexibility index (Phi) is 2.80. The van der Waals surface area contributed by atoms with Crippen molar-refractivity contribution in [3.63, 3.8) is 0 Å². The van der Waals surface area contributed by atoms with E-state index in [1.165, 1.54) is 11.8 Å². The van der Waals surface area contributed by atoms with E-state index in [-0.39, 0.29) is 5.76 Å². The van der Waals surface area contributed by atoms with Crippen molar-refractivity contribution in [3.8, 4) is 5.75 Å². The maximum absolute atomic E-state index is 11.7. The number of esters is 1. The molecule has 0 N–H and O–H groups in total. The first-order valence-electron chi connectivity index (χ1n) is 5.98. The Balaban J connectivity index is 1.89. The number of aryl methyl sites for hydroxylation is 1. The predicted octanol–water partition coefficient (Wildman–Crippen LogP) is 3.96. The summed E-state index contributed by atoms with van der Waals surface area (Å²) < 4.78 is 10.3. The molecule has 0 fully saturated rings. The number of rotatable bonds is 2. The van der Waals surface area contributed by atoms with Crippen molar-refractivity contribution in [2.24, 2.45) is 0 Å². The van der Waals surface area contributed by atoms with Crippen molar-refractivity contribution >= 4 is 16.7 Å². The summed E-state index contributed by atoms with van der Waals surface area (Å²) in [5.74, 6) is 0.221. The van der Waals surface area contributed by atoms with E-state index >= 15 is 0 Å². The smallest absolute Gasteiger partial charge is 0.379 e. The summed E-state index contributed by atoms with van der Waals surface area (Å²) in [6.45, 7) is 2.05. The minimum Gasteiger partial charge on any atom is -0.457 e. The lowest BCUT2D eigenvalue weighted by atomic mass is 10.1. The molecule has 0 aliphatic heterocycles. The van der Waals surface area contributed by atoms with Crippen LogP contribution >= 0.6 is 0 Å². The van der Waals surface area contributed by atoms with E-state index in [4.69, 9.17) is 9.15 Å².